The van der Waals surface area contributed by atoms with Gasteiger partial charge in [0.25, 0.3) is 0 Å². The number of carbonyl (C=O) groups excluding carboxylic acids is 1. The molecule has 1 N–H and O–H groups in total. The van der Waals surface area contributed by atoms with E-state index in [0.717, 1.165) is 31.2 Å². The summed E-state index contributed by atoms with van der Waals surface area (Å²) >= 11 is 0. The third-order valence-corrected chi connectivity index (χ3v) is 4.76. The zero-order valence-corrected chi connectivity index (χ0v) is 12.7. The summed E-state index contributed by atoms with van der Waals surface area (Å²) in [7, 11) is 1.85. The SMILES string of the molecule is CC(c1ccccc1O)N(C)C(=O)C1(C)CCCCC1. The average molecular weight is 275 g/mol. The van der Waals surface area contributed by atoms with Gasteiger partial charge < -0.3 is 10.0 Å². The molecule has 1 atom stereocenters. The van der Waals surface area contributed by atoms with Crippen LogP contribution >= 0.6 is 0 Å². The molecule has 1 aliphatic rings. The number of aromatic hydroxyl groups is 1. The first-order valence-corrected chi connectivity index (χ1v) is 7.51. The van der Waals surface area contributed by atoms with Gasteiger partial charge in [-0.1, -0.05) is 44.4 Å². The number of nitrogens with zero attached hydrogens (tertiary/aromatic N) is 1. The zero-order chi connectivity index (χ0) is 14.8. The van der Waals surface area contributed by atoms with Crippen molar-refractivity contribution in [1.82, 2.24) is 4.90 Å². The number of amides is 1. The van der Waals surface area contributed by atoms with Crippen LogP contribution in [0.5, 0.6) is 5.75 Å². The lowest BCUT2D eigenvalue weighted by atomic mass is 9.74. The fourth-order valence-corrected chi connectivity index (χ4v) is 3.20. The number of carbonyl (C=O) groups is 1. The third-order valence-electron chi connectivity index (χ3n) is 4.76. The van der Waals surface area contributed by atoms with Crippen LogP contribution in [0, 0.1) is 5.41 Å². The van der Waals surface area contributed by atoms with Gasteiger partial charge in [0.2, 0.25) is 5.91 Å². The smallest absolute Gasteiger partial charge is 0.228 e. The maximum atomic E-state index is 12.8. The molecule has 0 spiro atoms. The molecule has 0 bridgehead atoms. The van der Waals surface area contributed by atoms with Gasteiger partial charge in [-0.2, -0.15) is 0 Å². The van der Waals surface area contributed by atoms with Crippen LogP contribution in [0.15, 0.2) is 24.3 Å². The second-order valence-electron chi connectivity index (χ2n) is 6.27. The number of phenols is 1. The summed E-state index contributed by atoms with van der Waals surface area (Å²) in [6, 6.07) is 7.14. The van der Waals surface area contributed by atoms with Gasteiger partial charge in [-0.25, -0.2) is 0 Å². The maximum Gasteiger partial charge on any atom is 0.228 e. The summed E-state index contributed by atoms with van der Waals surface area (Å²) < 4.78 is 0. The molecule has 0 saturated heterocycles. The van der Waals surface area contributed by atoms with Crippen LogP contribution in [0.4, 0.5) is 0 Å². The Morgan fingerprint density at radius 3 is 2.45 bits per heavy atom. The van der Waals surface area contributed by atoms with Gasteiger partial charge in [-0.15, -0.1) is 0 Å². The van der Waals surface area contributed by atoms with Crippen molar-refractivity contribution >= 4 is 5.91 Å². The standard InChI is InChI=1S/C17H25NO2/c1-13(14-9-5-6-10-15(14)19)18(3)16(20)17(2)11-7-4-8-12-17/h5-6,9-10,13,19H,4,7-8,11-12H2,1-3H3. The Balaban J connectivity index is 2.16. The highest BCUT2D eigenvalue weighted by Gasteiger charge is 2.38. The summed E-state index contributed by atoms with van der Waals surface area (Å²) in [6.07, 6.45) is 5.47. The van der Waals surface area contributed by atoms with Crippen molar-refractivity contribution < 1.29 is 9.90 Å². The van der Waals surface area contributed by atoms with Gasteiger partial charge in [0.15, 0.2) is 0 Å². The van der Waals surface area contributed by atoms with E-state index < -0.39 is 0 Å². The molecule has 3 nitrogen and oxygen atoms in total. The molecular formula is C17H25NO2. The lowest BCUT2D eigenvalue weighted by Gasteiger charge is -2.38. The highest BCUT2D eigenvalue weighted by molar-refractivity contribution is 5.82. The molecule has 1 aromatic carbocycles. The van der Waals surface area contributed by atoms with Crippen LogP contribution in [-0.4, -0.2) is 23.0 Å². The number of para-hydroxylation sites is 1. The quantitative estimate of drug-likeness (QED) is 0.909. The van der Waals surface area contributed by atoms with Gasteiger partial charge >= 0.3 is 0 Å². The highest BCUT2D eigenvalue weighted by Crippen LogP contribution is 2.39. The fourth-order valence-electron chi connectivity index (χ4n) is 3.20. The highest BCUT2D eigenvalue weighted by atomic mass is 16.3. The minimum atomic E-state index is -0.230. The first-order valence-electron chi connectivity index (χ1n) is 7.51. The Bertz CT molecular complexity index is 478. The van der Waals surface area contributed by atoms with E-state index in [1.54, 1.807) is 17.0 Å². The van der Waals surface area contributed by atoms with E-state index in [0.29, 0.717) is 0 Å². The Kier molecular flexibility index (Phi) is 4.36. The molecule has 1 amide bonds. The van der Waals surface area contributed by atoms with Crippen molar-refractivity contribution in [3.8, 4) is 5.75 Å². The molecule has 0 heterocycles. The summed E-state index contributed by atoms with van der Waals surface area (Å²) in [6.45, 7) is 4.06. The topological polar surface area (TPSA) is 40.5 Å². The lowest BCUT2D eigenvalue weighted by molar-refractivity contribution is -0.143. The van der Waals surface area contributed by atoms with E-state index in [4.69, 9.17) is 0 Å². The van der Waals surface area contributed by atoms with Crippen LogP contribution in [0.1, 0.15) is 57.6 Å². The molecule has 2 rings (SSSR count). The molecule has 1 aromatic rings. The van der Waals surface area contributed by atoms with Crippen molar-refractivity contribution in [2.24, 2.45) is 5.41 Å². The van der Waals surface area contributed by atoms with E-state index in [2.05, 4.69) is 6.92 Å². The Hall–Kier alpha value is -1.51. The van der Waals surface area contributed by atoms with Crippen molar-refractivity contribution in [3.63, 3.8) is 0 Å². The van der Waals surface area contributed by atoms with Crippen LogP contribution in [-0.2, 0) is 4.79 Å². The number of benzene rings is 1. The summed E-state index contributed by atoms with van der Waals surface area (Å²) in [5.41, 5.74) is 0.578. The summed E-state index contributed by atoms with van der Waals surface area (Å²) in [5.74, 6) is 0.460. The average Bonchev–Trinajstić information content (AvgIpc) is 2.46. The largest absolute Gasteiger partial charge is 0.508 e. The molecule has 0 aromatic heterocycles. The third kappa shape index (κ3) is 2.82. The maximum absolute atomic E-state index is 12.8. The van der Waals surface area contributed by atoms with E-state index >= 15 is 0 Å². The predicted octanol–water partition coefficient (Wildman–Crippen LogP) is 3.88. The summed E-state index contributed by atoms with van der Waals surface area (Å²) in [5, 5.41) is 9.95. The van der Waals surface area contributed by atoms with E-state index in [1.165, 1.54) is 6.42 Å². The second-order valence-corrected chi connectivity index (χ2v) is 6.27. The van der Waals surface area contributed by atoms with Crippen LogP contribution in [0.3, 0.4) is 0 Å². The Labute approximate surface area is 121 Å². The fraction of sp³-hybridized carbons (Fsp3) is 0.588. The monoisotopic (exact) mass is 275 g/mol. The Morgan fingerprint density at radius 1 is 1.25 bits per heavy atom. The lowest BCUT2D eigenvalue weighted by Crippen LogP contribution is -2.42. The van der Waals surface area contributed by atoms with Crippen molar-refractivity contribution in [3.05, 3.63) is 29.8 Å². The number of phenolic OH excluding ortho intramolecular Hbond substituents is 1. The Morgan fingerprint density at radius 2 is 1.85 bits per heavy atom. The van der Waals surface area contributed by atoms with E-state index in [9.17, 15) is 9.90 Å². The number of hydrogen-bond donors (Lipinski definition) is 1. The molecule has 110 valence electrons. The van der Waals surface area contributed by atoms with Crippen LogP contribution in [0.25, 0.3) is 0 Å². The van der Waals surface area contributed by atoms with Crippen molar-refractivity contribution in [2.45, 2.75) is 52.0 Å². The molecule has 3 heteroatoms. The molecule has 20 heavy (non-hydrogen) atoms. The first kappa shape index (κ1) is 14.9. The van der Waals surface area contributed by atoms with Crippen LogP contribution < -0.4 is 0 Å². The van der Waals surface area contributed by atoms with Gasteiger partial charge in [0, 0.05) is 18.0 Å². The molecule has 1 fully saturated rings. The van der Waals surface area contributed by atoms with Gasteiger partial charge in [-0.05, 0) is 25.8 Å². The van der Waals surface area contributed by atoms with Gasteiger partial charge in [0.05, 0.1) is 6.04 Å². The normalized spacial score (nSPS) is 19.4. The number of rotatable bonds is 3. The van der Waals surface area contributed by atoms with Gasteiger partial charge in [0.1, 0.15) is 5.75 Å². The minimum Gasteiger partial charge on any atom is -0.508 e. The van der Waals surface area contributed by atoms with Crippen molar-refractivity contribution in [1.29, 1.82) is 0 Å². The molecule has 1 unspecified atom stereocenters. The minimum absolute atomic E-state index is 0.109. The molecule has 0 radical (unpaired) electrons. The van der Waals surface area contributed by atoms with Crippen LogP contribution in [0.2, 0.25) is 0 Å². The van der Waals surface area contributed by atoms with E-state index in [1.807, 2.05) is 26.1 Å². The van der Waals surface area contributed by atoms with Gasteiger partial charge in [-0.3, -0.25) is 4.79 Å². The zero-order valence-electron chi connectivity index (χ0n) is 12.7. The van der Waals surface area contributed by atoms with Crippen molar-refractivity contribution in [2.75, 3.05) is 7.05 Å². The summed E-state index contributed by atoms with van der Waals surface area (Å²) in [4.78, 5) is 14.6. The molecule has 1 saturated carbocycles. The molecule has 0 aliphatic heterocycles. The van der Waals surface area contributed by atoms with E-state index in [-0.39, 0.29) is 23.1 Å². The predicted molar refractivity (Wildman–Crippen MR) is 80.5 cm³/mol. The second kappa shape index (κ2) is 5.86. The number of hydrogen-bond acceptors (Lipinski definition) is 2. The molecule has 1 aliphatic carbocycles. The molecular weight excluding hydrogens is 250 g/mol. The first-order chi connectivity index (χ1) is 9.46.